The average molecular weight is 331 g/mol. The topological polar surface area (TPSA) is 38.3 Å². The summed E-state index contributed by atoms with van der Waals surface area (Å²) in [5.74, 6) is -0.994. The fourth-order valence-electron chi connectivity index (χ4n) is 1.77. The average Bonchev–Trinajstić information content (AvgIpc) is 2.48. The predicted molar refractivity (Wildman–Crippen MR) is 72.5 cm³/mol. The van der Waals surface area contributed by atoms with E-state index >= 15 is 0 Å². The van der Waals surface area contributed by atoms with E-state index in [0.717, 1.165) is 24.3 Å². The number of halogens is 5. The number of carbonyl (C=O) groups excluding carboxylic acids is 1. The molecule has 0 bridgehead atoms. The maximum absolute atomic E-state index is 12.5. The second-order valence-electron chi connectivity index (χ2n) is 4.40. The molecule has 8 heteroatoms. The van der Waals surface area contributed by atoms with Gasteiger partial charge in [-0.2, -0.15) is 22.0 Å². The first-order chi connectivity index (χ1) is 10.8. The minimum absolute atomic E-state index is 0.0160. The third kappa shape index (κ3) is 4.41. The second-order valence-corrected chi connectivity index (χ2v) is 4.40. The minimum Gasteiger partial charge on any atom is -0.433 e. The molecule has 0 aliphatic carbocycles. The zero-order valence-corrected chi connectivity index (χ0v) is 11.4. The number of ether oxygens (including phenoxy) is 1. The molecule has 1 amide bonds. The highest BCUT2D eigenvalue weighted by atomic mass is 19.4. The van der Waals surface area contributed by atoms with Crippen molar-refractivity contribution in [2.45, 2.75) is 12.8 Å². The van der Waals surface area contributed by atoms with Crippen LogP contribution in [0.1, 0.15) is 15.9 Å². The van der Waals surface area contributed by atoms with Crippen molar-refractivity contribution in [1.29, 1.82) is 0 Å². The highest BCUT2D eigenvalue weighted by molar-refractivity contribution is 6.05. The van der Waals surface area contributed by atoms with Crippen molar-refractivity contribution in [3.8, 4) is 5.75 Å². The van der Waals surface area contributed by atoms with Crippen LogP contribution in [0.15, 0.2) is 48.5 Å². The normalized spacial score (nSPS) is 11.4. The standard InChI is InChI=1S/C15H10F5NO2/c16-14(17)23-12-4-2-1-3-11(12)21-13(22)9-5-7-10(8-6-9)15(18,19)20/h1-8,14H,(H,21,22). The van der Waals surface area contributed by atoms with Crippen molar-refractivity contribution in [3.63, 3.8) is 0 Å². The van der Waals surface area contributed by atoms with E-state index in [2.05, 4.69) is 10.1 Å². The number of para-hydroxylation sites is 2. The number of amides is 1. The van der Waals surface area contributed by atoms with Crippen LogP contribution in [0, 0.1) is 0 Å². The molecule has 0 aliphatic heterocycles. The van der Waals surface area contributed by atoms with Crippen LogP contribution in [0.2, 0.25) is 0 Å². The Labute approximate surface area is 127 Å². The lowest BCUT2D eigenvalue weighted by Crippen LogP contribution is -2.14. The van der Waals surface area contributed by atoms with Gasteiger partial charge in [-0.3, -0.25) is 4.79 Å². The van der Waals surface area contributed by atoms with Gasteiger partial charge in [-0.15, -0.1) is 0 Å². The fourth-order valence-corrected chi connectivity index (χ4v) is 1.77. The van der Waals surface area contributed by atoms with Crippen LogP contribution in [-0.4, -0.2) is 12.5 Å². The molecule has 0 fully saturated rings. The number of hydrogen-bond acceptors (Lipinski definition) is 2. The summed E-state index contributed by atoms with van der Waals surface area (Å²) in [6, 6.07) is 9.00. The number of alkyl halides is 5. The van der Waals surface area contributed by atoms with Gasteiger partial charge in [0.05, 0.1) is 11.3 Å². The first-order valence-electron chi connectivity index (χ1n) is 6.30. The number of anilines is 1. The van der Waals surface area contributed by atoms with Gasteiger partial charge < -0.3 is 10.1 Å². The van der Waals surface area contributed by atoms with E-state index in [1.54, 1.807) is 0 Å². The Kier molecular flexibility index (Phi) is 4.83. The van der Waals surface area contributed by atoms with Gasteiger partial charge in [-0.05, 0) is 36.4 Å². The molecule has 23 heavy (non-hydrogen) atoms. The Bertz CT molecular complexity index is 683. The molecule has 0 atom stereocenters. The molecule has 0 heterocycles. The number of carbonyl (C=O) groups is 1. The molecular formula is C15H10F5NO2. The van der Waals surface area contributed by atoms with Crippen LogP contribution in [-0.2, 0) is 6.18 Å². The number of hydrogen-bond donors (Lipinski definition) is 1. The Morgan fingerprint density at radius 3 is 2.17 bits per heavy atom. The van der Waals surface area contributed by atoms with Crippen molar-refractivity contribution in [2.24, 2.45) is 0 Å². The van der Waals surface area contributed by atoms with Gasteiger partial charge in [0.25, 0.3) is 5.91 Å². The van der Waals surface area contributed by atoms with E-state index in [4.69, 9.17) is 0 Å². The highest BCUT2D eigenvalue weighted by Gasteiger charge is 2.30. The van der Waals surface area contributed by atoms with Crippen LogP contribution >= 0.6 is 0 Å². The molecule has 1 N–H and O–H groups in total. The van der Waals surface area contributed by atoms with Crippen molar-refractivity contribution >= 4 is 11.6 Å². The van der Waals surface area contributed by atoms with Crippen molar-refractivity contribution in [3.05, 3.63) is 59.7 Å². The van der Waals surface area contributed by atoms with Gasteiger partial charge in [0.15, 0.2) is 0 Å². The van der Waals surface area contributed by atoms with Crippen molar-refractivity contribution < 1.29 is 31.5 Å². The molecule has 2 rings (SSSR count). The molecule has 0 aliphatic rings. The van der Waals surface area contributed by atoms with Crippen LogP contribution in [0.25, 0.3) is 0 Å². The molecule has 0 spiro atoms. The molecule has 0 radical (unpaired) electrons. The monoisotopic (exact) mass is 331 g/mol. The largest absolute Gasteiger partial charge is 0.433 e. The number of benzene rings is 2. The first kappa shape index (κ1) is 16.7. The third-order valence-corrected chi connectivity index (χ3v) is 2.83. The lowest BCUT2D eigenvalue weighted by Gasteiger charge is -2.12. The van der Waals surface area contributed by atoms with Crippen molar-refractivity contribution in [2.75, 3.05) is 5.32 Å². The Morgan fingerprint density at radius 2 is 1.61 bits per heavy atom. The second kappa shape index (κ2) is 6.64. The van der Waals surface area contributed by atoms with Crippen LogP contribution in [0.5, 0.6) is 5.75 Å². The summed E-state index contributed by atoms with van der Waals surface area (Å²) in [5.41, 5.74) is -0.960. The molecule has 0 unspecified atom stereocenters. The molecular weight excluding hydrogens is 321 g/mol. The smallest absolute Gasteiger partial charge is 0.416 e. The first-order valence-corrected chi connectivity index (χ1v) is 6.30. The molecule has 2 aromatic carbocycles. The summed E-state index contributed by atoms with van der Waals surface area (Å²) >= 11 is 0. The lowest BCUT2D eigenvalue weighted by molar-refractivity contribution is -0.137. The number of rotatable bonds is 4. The summed E-state index contributed by atoms with van der Waals surface area (Å²) in [7, 11) is 0. The zero-order valence-electron chi connectivity index (χ0n) is 11.4. The van der Waals surface area contributed by atoms with Gasteiger partial charge in [-0.25, -0.2) is 0 Å². The highest BCUT2D eigenvalue weighted by Crippen LogP contribution is 2.30. The predicted octanol–water partition coefficient (Wildman–Crippen LogP) is 4.56. The third-order valence-electron chi connectivity index (χ3n) is 2.83. The molecule has 122 valence electrons. The maximum Gasteiger partial charge on any atom is 0.416 e. The maximum atomic E-state index is 12.5. The van der Waals surface area contributed by atoms with Gasteiger partial charge in [0, 0.05) is 5.56 Å². The zero-order chi connectivity index (χ0) is 17.0. The summed E-state index contributed by atoms with van der Waals surface area (Å²) < 4.78 is 66.2. The molecule has 0 saturated carbocycles. The van der Waals surface area contributed by atoms with Crippen LogP contribution < -0.4 is 10.1 Å². The van der Waals surface area contributed by atoms with E-state index in [1.165, 1.54) is 24.3 Å². The van der Waals surface area contributed by atoms with Crippen molar-refractivity contribution in [1.82, 2.24) is 0 Å². The SMILES string of the molecule is O=C(Nc1ccccc1OC(F)F)c1ccc(C(F)(F)F)cc1. The van der Waals surface area contributed by atoms with Gasteiger partial charge in [-0.1, -0.05) is 12.1 Å². The van der Waals surface area contributed by atoms with E-state index < -0.39 is 24.3 Å². The van der Waals surface area contributed by atoms with E-state index in [0.29, 0.717) is 0 Å². The molecule has 0 saturated heterocycles. The summed E-state index contributed by atoms with van der Waals surface area (Å²) in [6.07, 6.45) is -4.51. The van der Waals surface area contributed by atoms with Crippen LogP contribution in [0.3, 0.4) is 0 Å². The lowest BCUT2D eigenvalue weighted by atomic mass is 10.1. The fraction of sp³-hybridized carbons (Fsp3) is 0.133. The Balaban J connectivity index is 2.16. The molecule has 3 nitrogen and oxygen atoms in total. The van der Waals surface area contributed by atoms with E-state index in [-0.39, 0.29) is 17.0 Å². The minimum atomic E-state index is -4.51. The summed E-state index contributed by atoms with van der Waals surface area (Å²) in [5, 5.41) is 2.31. The Morgan fingerprint density at radius 1 is 1.00 bits per heavy atom. The van der Waals surface area contributed by atoms with E-state index in [1.807, 2.05) is 0 Å². The summed E-state index contributed by atoms with van der Waals surface area (Å²) in [6.45, 7) is -3.07. The summed E-state index contributed by atoms with van der Waals surface area (Å²) in [4.78, 5) is 12.0. The van der Waals surface area contributed by atoms with Gasteiger partial charge in [0.1, 0.15) is 5.75 Å². The van der Waals surface area contributed by atoms with Gasteiger partial charge >= 0.3 is 12.8 Å². The molecule has 0 aromatic heterocycles. The van der Waals surface area contributed by atoms with E-state index in [9.17, 15) is 26.7 Å². The molecule has 2 aromatic rings. The van der Waals surface area contributed by atoms with Crippen LogP contribution in [0.4, 0.5) is 27.6 Å². The quantitative estimate of drug-likeness (QED) is 0.834. The number of nitrogens with one attached hydrogen (secondary N) is 1. The van der Waals surface area contributed by atoms with Gasteiger partial charge in [0.2, 0.25) is 0 Å². The Hall–Kier alpha value is -2.64.